The summed E-state index contributed by atoms with van der Waals surface area (Å²) in [7, 11) is 0. The fourth-order valence-corrected chi connectivity index (χ4v) is 24.9. The van der Waals surface area contributed by atoms with E-state index in [4.69, 9.17) is 0 Å². The van der Waals surface area contributed by atoms with Crippen LogP contribution in [-0.4, -0.2) is 74.6 Å². The van der Waals surface area contributed by atoms with E-state index in [1.54, 1.807) is 0 Å². The third-order valence-corrected chi connectivity index (χ3v) is 29.4. The molecule has 0 aromatic rings. The van der Waals surface area contributed by atoms with E-state index in [2.05, 4.69) is 55.4 Å². The molecule has 438 valence electrons. The van der Waals surface area contributed by atoms with Crippen LogP contribution < -0.4 is 34.7 Å². The summed E-state index contributed by atoms with van der Waals surface area (Å²) in [5.74, 6) is 8.54. The standard InChI is InChI=1S/2C24H40O4.C20H32O.Na/c1-14(4-9-22(27)28)18-7-8-19-17-6-5-15-12-16(25)10-11-23(15,2)20(17)13-21(26)24(18,19)3;1-14(5-4-10-25)17-6-7-18-22-19(13-21(28)24(17,18)3)23(2)9-8-16(26)11-15(23)12-20(22)27;1-19-11-4-3-5-14(19)6-8-16-17-9-7-15(13-21)20(17,2)12-10-18(16)19;/h14-21,25-26H,4-13H2,1-3H3,(H,27,28);10,14-22,26-28H,4-9,11-13H2,1-3H3;13-18H,3-12H2,1-2H3;/q;;;+1/p-1/t14-,15-,16-,17?,18-,19?,20?,21+,23+,24-;14-,15+,16-,17-,18?,19?,20-,21+,22?,23+,24-;14-,15+,16?,17?,18?,19-,20+;/m110./s1. The Balaban J connectivity index is 0.000000143. The molecule has 0 radical (unpaired) electrons. The van der Waals surface area contributed by atoms with Gasteiger partial charge in [0.05, 0.1) is 30.5 Å². The summed E-state index contributed by atoms with van der Waals surface area (Å²) in [6, 6.07) is 0. The molecule has 12 rings (SSSR count). The van der Waals surface area contributed by atoms with Crippen LogP contribution in [0.25, 0.3) is 0 Å². The zero-order valence-corrected chi connectivity index (χ0v) is 52.7. The molecule has 5 N–H and O–H groups in total. The molecule has 9 unspecified atom stereocenters. The van der Waals surface area contributed by atoms with E-state index in [0.717, 1.165) is 113 Å². The van der Waals surface area contributed by atoms with E-state index >= 15 is 0 Å². The third kappa shape index (κ3) is 10.4. The molecule has 0 aliphatic heterocycles. The van der Waals surface area contributed by atoms with E-state index in [-0.39, 0.29) is 94.1 Å². The number of hydrogen-bond donors (Lipinski definition) is 5. The van der Waals surface area contributed by atoms with Crippen molar-refractivity contribution < 1.29 is 74.6 Å². The number of fused-ring (bicyclic) bond motifs is 15. The Bertz CT molecular complexity index is 2090. The SMILES string of the molecule is C[C@H](CCC(=O)[O-])[C@H]1CCC2C3CC[C@@H]4C[C@H](O)CC[C@]4(C)C3C[C@H](O)[C@@]21C.C[C@H](CCC=O)[C@H]1CCC2C3C(C[C@H](O)[C@@]21C)[C@@]1(C)CC[C@@H](O)C[C@H]1C[C@H]3O.C[C@]12CCC3C(CC[C@@H]4CCCC[C@]34C)C1CC[C@@H]2C=O.[Na+]. The Hall–Kier alpha value is -0.390. The molecule has 0 spiro atoms. The van der Waals surface area contributed by atoms with Crippen molar-refractivity contribution in [1.82, 2.24) is 0 Å². The molecule has 0 amide bonds. The maximum atomic E-state index is 11.5. The van der Waals surface area contributed by atoms with E-state index in [0.29, 0.717) is 94.7 Å². The summed E-state index contributed by atoms with van der Waals surface area (Å²) >= 11 is 0. The number of carboxylic acids is 1. The van der Waals surface area contributed by atoms with Gasteiger partial charge in [-0.1, -0.05) is 68.2 Å². The maximum Gasteiger partial charge on any atom is 1.00 e. The summed E-state index contributed by atoms with van der Waals surface area (Å²) in [6.45, 7) is 18.9. The van der Waals surface area contributed by atoms with Crippen molar-refractivity contribution in [1.29, 1.82) is 0 Å². The number of hydrogen-bond acceptors (Lipinski definition) is 9. The first-order valence-electron chi connectivity index (χ1n) is 33.0. The maximum absolute atomic E-state index is 11.5. The quantitative estimate of drug-likeness (QED) is 0.112. The van der Waals surface area contributed by atoms with E-state index in [9.17, 15) is 45.0 Å². The number of aldehydes is 2. The van der Waals surface area contributed by atoms with Crippen LogP contribution >= 0.6 is 0 Å². The zero-order chi connectivity index (χ0) is 55.2. The van der Waals surface area contributed by atoms with Gasteiger partial charge in [0.1, 0.15) is 12.6 Å². The minimum Gasteiger partial charge on any atom is -0.550 e. The minimum absolute atomic E-state index is 0. The first-order chi connectivity index (χ1) is 36.5. The van der Waals surface area contributed by atoms with Gasteiger partial charge < -0.3 is 45.0 Å². The van der Waals surface area contributed by atoms with Gasteiger partial charge in [-0.15, -0.1) is 0 Å². The van der Waals surface area contributed by atoms with Crippen LogP contribution in [0.2, 0.25) is 0 Å². The molecule has 78 heavy (non-hydrogen) atoms. The van der Waals surface area contributed by atoms with Crippen LogP contribution in [0, 0.1) is 133 Å². The molecule has 12 aliphatic carbocycles. The smallest absolute Gasteiger partial charge is 0.550 e. The minimum atomic E-state index is -0.957. The second-order valence-corrected chi connectivity index (χ2v) is 31.8. The van der Waals surface area contributed by atoms with E-state index in [1.807, 2.05) is 0 Å². The fraction of sp³-hybridized carbons (Fsp3) is 0.956. The topological polar surface area (TPSA) is 175 Å². The molecular formula is C68H111NaO9. The van der Waals surface area contributed by atoms with E-state index in [1.165, 1.54) is 89.8 Å². The first kappa shape index (κ1) is 62.1. The molecule has 12 fully saturated rings. The first-order valence-corrected chi connectivity index (χ1v) is 33.0. The van der Waals surface area contributed by atoms with Crippen LogP contribution in [0.3, 0.4) is 0 Å². The molecule has 0 aromatic heterocycles. The number of carbonyl (C=O) groups is 3. The van der Waals surface area contributed by atoms with Crippen molar-refractivity contribution in [2.45, 2.75) is 272 Å². The van der Waals surface area contributed by atoms with Gasteiger partial charge in [-0.05, 0) is 294 Å². The number of aliphatic hydroxyl groups is 5. The zero-order valence-electron chi connectivity index (χ0n) is 50.7. The molecule has 9 nitrogen and oxygen atoms in total. The molecule has 0 bridgehead atoms. The monoisotopic (exact) mass is 1090 g/mol. The van der Waals surface area contributed by atoms with Crippen molar-refractivity contribution in [3.8, 4) is 0 Å². The van der Waals surface area contributed by atoms with Crippen molar-refractivity contribution in [3.05, 3.63) is 0 Å². The Morgan fingerprint density at radius 2 is 1.04 bits per heavy atom. The number of rotatable bonds is 9. The van der Waals surface area contributed by atoms with Gasteiger partial charge in [0.25, 0.3) is 0 Å². The Morgan fingerprint density at radius 1 is 0.513 bits per heavy atom. The Labute approximate surface area is 495 Å². The Morgan fingerprint density at radius 3 is 1.68 bits per heavy atom. The van der Waals surface area contributed by atoms with Crippen LogP contribution in [0.1, 0.15) is 242 Å². The van der Waals surface area contributed by atoms with Gasteiger partial charge in [-0.2, -0.15) is 0 Å². The van der Waals surface area contributed by atoms with Crippen molar-refractivity contribution in [2.24, 2.45) is 133 Å². The summed E-state index contributed by atoms with van der Waals surface area (Å²) < 4.78 is 0. The number of aliphatic carboxylic acids is 1. The van der Waals surface area contributed by atoms with Gasteiger partial charge >= 0.3 is 29.6 Å². The van der Waals surface area contributed by atoms with E-state index < -0.39 is 5.97 Å². The normalized spacial score (nSPS) is 53.2. The van der Waals surface area contributed by atoms with Gasteiger partial charge in [0.15, 0.2) is 0 Å². The fourth-order valence-electron chi connectivity index (χ4n) is 24.9. The Kier molecular flexibility index (Phi) is 19.0. The molecule has 12 aliphatic rings. The van der Waals surface area contributed by atoms with Crippen LogP contribution in [0.4, 0.5) is 0 Å². The molecule has 10 heteroatoms. The van der Waals surface area contributed by atoms with Crippen LogP contribution in [-0.2, 0) is 14.4 Å². The molecule has 28 atom stereocenters. The van der Waals surface area contributed by atoms with Crippen molar-refractivity contribution in [3.63, 3.8) is 0 Å². The number of carbonyl (C=O) groups excluding carboxylic acids is 3. The predicted octanol–water partition coefficient (Wildman–Crippen LogP) is 8.94. The summed E-state index contributed by atoms with van der Waals surface area (Å²) in [5.41, 5.74) is 1.16. The van der Waals surface area contributed by atoms with Gasteiger partial charge in [0.2, 0.25) is 0 Å². The average Bonchev–Trinajstić information content (AvgIpc) is 4.26. The van der Waals surface area contributed by atoms with Gasteiger partial charge in [0, 0.05) is 18.3 Å². The summed E-state index contributed by atoms with van der Waals surface area (Å²) in [5, 5.41) is 65.5. The summed E-state index contributed by atoms with van der Waals surface area (Å²) in [4.78, 5) is 33.3. The largest absolute Gasteiger partial charge is 1.00 e. The number of aliphatic hydroxyl groups excluding tert-OH is 5. The molecular weight excluding hydrogens is 984 g/mol. The van der Waals surface area contributed by atoms with Crippen molar-refractivity contribution >= 4 is 18.5 Å². The summed E-state index contributed by atoms with van der Waals surface area (Å²) in [6.07, 6.45) is 32.5. The predicted molar refractivity (Wildman–Crippen MR) is 300 cm³/mol. The third-order valence-electron chi connectivity index (χ3n) is 29.4. The molecule has 0 saturated heterocycles. The van der Waals surface area contributed by atoms with Crippen molar-refractivity contribution in [2.75, 3.05) is 0 Å². The van der Waals surface area contributed by atoms with Crippen LogP contribution in [0.5, 0.6) is 0 Å². The number of carboxylic acid groups (broad SMARTS) is 1. The van der Waals surface area contributed by atoms with Gasteiger partial charge in [-0.25, -0.2) is 0 Å². The molecule has 0 heterocycles. The van der Waals surface area contributed by atoms with Gasteiger partial charge in [-0.3, -0.25) is 0 Å². The second kappa shape index (κ2) is 23.8. The molecule has 12 saturated carbocycles. The van der Waals surface area contributed by atoms with Crippen LogP contribution in [0.15, 0.2) is 0 Å². The molecule has 0 aromatic carbocycles. The average molecular weight is 1100 g/mol. The second-order valence-electron chi connectivity index (χ2n) is 31.8.